The van der Waals surface area contributed by atoms with Gasteiger partial charge >= 0.3 is 0 Å². The number of carbonyl (C=O) groups is 1. The zero-order valence-corrected chi connectivity index (χ0v) is 14.3. The van der Waals surface area contributed by atoms with E-state index >= 15 is 0 Å². The normalized spacial score (nSPS) is 10.8. The molecule has 0 unspecified atom stereocenters. The van der Waals surface area contributed by atoms with Crippen LogP contribution in [0.25, 0.3) is 11.3 Å². The standard InChI is InChI=1S/C16H18N6OS/c1-11-18-14(10-24-11)8-22-9-15(20-21-22)12-4-3-5-13(6-12)19-16(23)7-17-2/h3-6,9-10,17H,7-8H2,1-2H3,(H,19,23). The van der Waals surface area contributed by atoms with Gasteiger partial charge in [-0.2, -0.15) is 0 Å². The van der Waals surface area contributed by atoms with Crippen LogP contribution in [-0.4, -0.2) is 39.5 Å². The van der Waals surface area contributed by atoms with Gasteiger partial charge in [0.1, 0.15) is 5.69 Å². The molecule has 24 heavy (non-hydrogen) atoms. The van der Waals surface area contributed by atoms with E-state index in [2.05, 4.69) is 25.9 Å². The molecule has 1 aromatic carbocycles. The number of aromatic nitrogens is 4. The number of thiazole rings is 1. The largest absolute Gasteiger partial charge is 0.325 e. The SMILES string of the molecule is CNCC(=O)Nc1cccc(-c2cn(Cc3csc(C)n3)nn2)c1. The fourth-order valence-corrected chi connectivity index (χ4v) is 2.88. The minimum absolute atomic E-state index is 0.0859. The monoisotopic (exact) mass is 342 g/mol. The highest BCUT2D eigenvalue weighted by molar-refractivity contribution is 7.09. The Bertz CT molecular complexity index is 840. The van der Waals surface area contributed by atoms with E-state index in [9.17, 15) is 4.79 Å². The highest BCUT2D eigenvalue weighted by atomic mass is 32.1. The molecule has 1 amide bonds. The molecule has 3 aromatic rings. The first-order valence-corrected chi connectivity index (χ1v) is 8.38. The highest BCUT2D eigenvalue weighted by Gasteiger charge is 2.08. The van der Waals surface area contributed by atoms with Crippen LogP contribution in [-0.2, 0) is 11.3 Å². The maximum atomic E-state index is 11.7. The smallest absolute Gasteiger partial charge is 0.238 e. The predicted molar refractivity (Wildman–Crippen MR) is 94.0 cm³/mol. The second-order valence-corrected chi connectivity index (χ2v) is 6.38. The number of carbonyl (C=O) groups excluding carboxylic acids is 1. The van der Waals surface area contributed by atoms with Crippen molar-refractivity contribution in [3.05, 3.63) is 46.5 Å². The van der Waals surface area contributed by atoms with Gasteiger partial charge in [-0.1, -0.05) is 17.3 Å². The average Bonchev–Trinajstić information content (AvgIpc) is 3.17. The lowest BCUT2D eigenvalue weighted by Crippen LogP contribution is -2.24. The lowest BCUT2D eigenvalue weighted by atomic mass is 10.1. The van der Waals surface area contributed by atoms with E-state index in [1.807, 2.05) is 42.8 Å². The Hall–Kier alpha value is -2.58. The maximum Gasteiger partial charge on any atom is 0.238 e. The molecule has 0 saturated heterocycles. The molecular formula is C16H18N6OS. The van der Waals surface area contributed by atoms with E-state index in [0.29, 0.717) is 6.54 Å². The minimum Gasteiger partial charge on any atom is -0.325 e. The van der Waals surface area contributed by atoms with Gasteiger partial charge in [0.2, 0.25) is 5.91 Å². The quantitative estimate of drug-likeness (QED) is 0.715. The number of rotatable bonds is 6. The lowest BCUT2D eigenvalue weighted by molar-refractivity contribution is -0.115. The molecule has 2 aromatic heterocycles. The van der Waals surface area contributed by atoms with Crippen molar-refractivity contribution in [1.29, 1.82) is 0 Å². The molecule has 2 N–H and O–H groups in total. The Labute approximate surface area is 143 Å². The summed E-state index contributed by atoms with van der Waals surface area (Å²) in [5, 5.41) is 17.1. The molecule has 0 aliphatic carbocycles. The van der Waals surface area contributed by atoms with Crippen molar-refractivity contribution in [3.63, 3.8) is 0 Å². The summed E-state index contributed by atoms with van der Waals surface area (Å²) >= 11 is 1.62. The highest BCUT2D eigenvalue weighted by Crippen LogP contribution is 2.20. The summed E-state index contributed by atoms with van der Waals surface area (Å²) in [5.41, 5.74) is 3.36. The fraction of sp³-hybridized carbons (Fsp3) is 0.250. The average molecular weight is 342 g/mol. The van der Waals surface area contributed by atoms with Crippen molar-refractivity contribution in [2.75, 3.05) is 18.9 Å². The van der Waals surface area contributed by atoms with Crippen molar-refractivity contribution in [3.8, 4) is 11.3 Å². The Balaban J connectivity index is 1.73. The van der Waals surface area contributed by atoms with E-state index in [1.165, 1.54) is 0 Å². The van der Waals surface area contributed by atoms with Crippen LogP contribution < -0.4 is 10.6 Å². The van der Waals surface area contributed by atoms with Crippen LogP contribution >= 0.6 is 11.3 Å². The van der Waals surface area contributed by atoms with Crippen molar-refractivity contribution in [2.45, 2.75) is 13.5 Å². The van der Waals surface area contributed by atoms with Crippen molar-refractivity contribution < 1.29 is 4.79 Å². The number of likely N-dealkylation sites (N-methyl/N-ethyl adjacent to an activating group) is 1. The van der Waals surface area contributed by atoms with Gasteiger partial charge in [0, 0.05) is 16.6 Å². The molecule has 0 aliphatic heterocycles. The summed E-state index contributed by atoms with van der Waals surface area (Å²) in [7, 11) is 1.73. The van der Waals surface area contributed by atoms with E-state index in [-0.39, 0.29) is 12.5 Å². The van der Waals surface area contributed by atoms with Crippen LogP contribution in [0.1, 0.15) is 10.7 Å². The summed E-state index contributed by atoms with van der Waals surface area (Å²) in [6.07, 6.45) is 1.88. The van der Waals surface area contributed by atoms with Crippen LogP contribution in [0.4, 0.5) is 5.69 Å². The molecule has 0 spiro atoms. The Morgan fingerprint density at radius 3 is 3.00 bits per heavy atom. The summed E-state index contributed by atoms with van der Waals surface area (Å²) in [6, 6.07) is 7.55. The Morgan fingerprint density at radius 2 is 2.25 bits per heavy atom. The number of benzene rings is 1. The third-order valence-electron chi connectivity index (χ3n) is 3.31. The van der Waals surface area contributed by atoms with Crippen LogP contribution in [0.3, 0.4) is 0 Å². The van der Waals surface area contributed by atoms with Crippen LogP contribution in [0.2, 0.25) is 0 Å². The third-order valence-corrected chi connectivity index (χ3v) is 4.13. The predicted octanol–water partition coefficient (Wildman–Crippen LogP) is 1.92. The second-order valence-electron chi connectivity index (χ2n) is 5.32. The molecule has 124 valence electrons. The number of nitrogens with one attached hydrogen (secondary N) is 2. The van der Waals surface area contributed by atoms with Gasteiger partial charge in [-0.25, -0.2) is 9.67 Å². The van der Waals surface area contributed by atoms with E-state index < -0.39 is 0 Å². The number of aryl methyl sites for hydroxylation is 1. The van der Waals surface area contributed by atoms with Crippen LogP contribution in [0, 0.1) is 6.92 Å². The lowest BCUT2D eigenvalue weighted by Gasteiger charge is -2.05. The number of anilines is 1. The van der Waals surface area contributed by atoms with Crippen LogP contribution in [0.5, 0.6) is 0 Å². The van der Waals surface area contributed by atoms with Gasteiger partial charge in [-0.3, -0.25) is 4.79 Å². The molecule has 0 radical (unpaired) electrons. The molecular weight excluding hydrogens is 324 g/mol. The van der Waals surface area contributed by atoms with E-state index in [1.54, 1.807) is 23.1 Å². The fourth-order valence-electron chi connectivity index (χ4n) is 2.28. The topological polar surface area (TPSA) is 84.7 Å². The van der Waals surface area contributed by atoms with Gasteiger partial charge in [-0.15, -0.1) is 16.4 Å². The van der Waals surface area contributed by atoms with Gasteiger partial charge in [0.25, 0.3) is 0 Å². The molecule has 8 heteroatoms. The first-order chi connectivity index (χ1) is 11.6. The summed E-state index contributed by atoms with van der Waals surface area (Å²) in [5.74, 6) is -0.0859. The van der Waals surface area contributed by atoms with Crippen molar-refractivity contribution >= 4 is 22.9 Å². The first-order valence-electron chi connectivity index (χ1n) is 7.50. The van der Waals surface area contributed by atoms with Gasteiger partial charge in [-0.05, 0) is 26.1 Å². The molecule has 0 atom stereocenters. The molecule has 0 fully saturated rings. The summed E-state index contributed by atoms with van der Waals surface area (Å²) < 4.78 is 1.76. The van der Waals surface area contributed by atoms with Gasteiger partial charge in [0.15, 0.2) is 0 Å². The zero-order valence-electron chi connectivity index (χ0n) is 13.5. The van der Waals surface area contributed by atoms with Gasteiger partial charge < -0.3 is 10.6 Å². The van der Waals surface area contributed by atoms with Crippen molar-refractivity contribution in [2.24, 2.45) is 0 Å². The first kappa shape index (κ1) is 16.3. The number of hydrogen-bond donors (Lipinski definition) is 2. The van der Waals surface area contributed by atoms with E-state index in [0.717, 1.165) is 27.6 Å². The molecule has 0 saturated carbocycles. The van der Waals surface area contributed by atoms with Crippen LogP contribution in [0.15, 0.2) is 35.8 Å². The third kappa shape index (κ3) is 4.03. The van der Waals surface area contributed by atoms with E-state index in [4.69, 9.17) is 0 Å². The Kier molecular flexibility index (Phi) is 4.97. The summed E-state index contributed by atoms with van der Waals surface area (Å²) in [4.78, 5) is 16.1. The number of hydrogen-bond acceptors (Lipinski definition) is 6. The van der Waals surface area contributed by atoms with Crippen molar-refractivity contribution in [1.82, 2.24) is 25.3 Å². The summed E-state index contributed by atoms with van der Waals surface area (Å²) in [6.45, 7) is 2.85. The molecule has 0 aliphatic rings. The maximum absolute atomic E-state index is 11.7. The molecule has 0 bridgehead atoms. The zero-order chi connectivity index (χ0) is 16.9. The van der Waals surface area contributed by atoms with Gasteiger partial charge in [0.05, 0.1) is 30.0 Å². The second kappa shape index (κ2) is 7.33. The number of amides is 1. The molecule has 2 heterocycles. The molecule has 3 rings (SSSR count). The number of nitrogens with zero attached hydrogens (tertiary/aromatic N) is 4. The molecule has 7 nitrogen and oxygen atoms in total. The Morgan fingerprint density at radius 1 is 1.38 bits per heavy atom. The minimum atomic E-state index is -0.0859.